The lowest BCUT2D eigenvalue weighted by molar-refractivity contribution is 0.318. The van der Waals surface area contributed by atoms with E-state index in [1.54, 1.807) is 6.20 Å². The number of nitrogens with one attached hydrogen (secondary N) is 1. The molecule has 0 saturated carbocycles. The van der Waals surface area contributed by atoms with Crippen LogP contribution >= 0.6 is 11.8 Å². The topological polar surface area (TPSA) is 46.5 Å². The van der Waals surface area contributed by atoms with Crippen LogP contribution in [0.5, 0.6) is 5.88 Å². The minimum Gasteiger partial charge on any atom is -0.478 e. The van der Waals surface area contributed by atoms with E-state index < -0.39 is 0 Å². The number of amidine groups is 1. The Morgan fingerprint density at radius 3 is 2.60 bits per heavy atom. The molecule has 0 aromatic carbocycles. The van der Waals surface area contributed by atoms with Gasteiger partial charge in [-0.2, -0.15) is 0 Å². The number of aromatic nitrogens is 1. The molecule has 0 aliphatic carbocycles. The Balaban J connectivity index is 1.96. The van der Waals surface area contributed by atoms with Gasteiger partial charge in [0.25, 0.3) is 0 Å². The summed E-state index contributed by atoms with van der Waals surface area (Å²) < 4.78 is 5.33. The molecule has 0 unspecified atom stereocenters. The van der Waals surface area contributed by atoms with Gasteiger partial charge in [0.1, 0.15) is 0 Å². The van der Waals surface area contributed by atoms with Crippen LogP contribution in [0.2, 0.25) is 0 Å². The monoisotopic (exact) mass is 293 g/mol. The van der Waals surface area contributed by atoms with Gasteiger partial charge in [0.2, 0.25) is 5.88 Å². The fraction of sp³-hybridized carbons (Fsp3) is 0.600. The van der Waals surface area contributed by atoms with Crippen molar-refractivity contribution in [3.63, 3.8) is 0 Å². The van der Waals surface area contributed by atoms with Crippen molar-refractivity contribution >= 4 is 22.6 Å². The summed E-state index contributed by atoms with van der Waals surface area (Å²) in [7, 11) is 0. The van der Waals surface area contributed by atoms with Crippen molar-refractivity contribution in [1.82, 2.24) is 4.98 Å². The average Bonchev–Trinajstić information content (AvgIpc) is 2.51. The highest BCUT2D eigenvalue weighted by molar-refractivity contribution is 8.14. The molecule has 1 N–H and O–H groups in total. The van der Waals surface area contributed by atoms with Crippen LogP contribution in [0.15, 0.2) is 23.3 Å². The summed E-state index contributed by atoms with van der Waals surface area (Å²) in [6, 6.07) is 3.85. The number of hydrogen-bond acceptors (Lipinski definition) is 5. The normalized spacial score (nSPS) is 17.4. The number of nitrogens with zero attached hydrogens (tertiary/aromatic N) is 2. The number of ether oxygens (including phenoxy) is 1. The Bertz CT molecular complexity index is 455. The van der Waals surface area contributed by atoms with E-state index in [1.165, 1.54) is 12.8 Å². The quantitative estimate of drug-likeness (QED) is 0.897. The van der Waals surface area contributed by atoms with E-state index in [0.717, 1.165) is 23.2 Å². The molecule has 0 radical (unpaired) electrons. The van der Waals surface area contributed by atoms with Crippen LogP contribution in [0, 0.1) is 5.41 Å². The molecule has 0 amide bonds. The molecule has 5 heteroatoms. The Hall–Kier alpha value is -1.23. The van der Waals surface area contributed by atoms with E-state index in [4.69, 9.17) is 4.74 Å². The van der Waals surface area contributed by atoms with Crippen LogP contribution in [0.1, 0.15) is 33.6 Å². The van der Waals surface area contributed by atoms with Crippen LogP contribution in [-0.4, -0.2) is 29.1 Å². The zero-order valence-electron chi connectivity index (χ0n) is 12.5. The van der Waals surface area contributed by atoms with Crippen LogP contribution in [0.25, 0.3) is 0 Å². The molecule has 1 aliphatic heterocycles. The standard InChI is InChI=1S/C15H23N3OS/c1-4-15(5-2)10-17-14(20-11-15)18-12-7-8-13(16-9-12)19-6-3/h7-9H,4-6,10-11H2,1-3H3,(H,17,18). The van der Waals surface area contributed by atoms with E-state index in [9.17, 15) is 0 Å². The number of rotatable bonds is 5. The number of aliphatic imine (C=N–C) groups is 1. The SMILES string of the molecule is CCOc1ccc(NC2=NCC(CC)(CC)CS2)cn1. The molecule has 0 saturated heterocycles. The van der Waals surface area contributed by atoms with Gasteiger partial charge in [0, 0.05) is 18.4 Å². The summed E-state index contributed by atoms with van der Waals surface area (Å²) in [4.78, 5) is 8.93. The third-order valence-electron chi connectivity index (χ3n) is 3.85. The van der Waals surface area contributed by atoms with Crippen LogP contribution < -0.4 is 10.1 Å². The van der Waals surface area contributed by atoms with Gasteiger partial charge in [-0.1, -0.05) is 25.6 Å². The van der Waals surface area contributed by atoms with E-state index >= 15 is 0 Å². The summed E-state index contributed by atoms with van der Waals surface area (Å²) in [5.74, 6) is 1.79. The van der Waals surface area contributed by atoms with Gasteiger partial charge in [-0.3, -0.25) is 4.99 Å². The summed E-state index contributed by atoms with van der Waals surface area (Å²) in [5.41, 5.74) is 1.34. The second kappa shape index (κ2) is 6.97. The maximum atomic E-state index is 5.33. The van der Waals surface area contributed by atoms with Gasteiger partial charge in [-0.05, 0) is 31.2 Å². The first-order chi connectivity index (χ1) is 9.71. The highest BCUT2D eigenvalue weighted by Crippen LogP contribution is 2.35. The number of anilines is 1. The fourth-order valence-electron chi connectivity index (χ4n) is 2.12. The minimum absolute atomic E-state index is 0.382. The smallest absolute Gasteiger partial charge is 0.213 e. The van der Waals surface area contributed by atoms with Crippen molar-refractivity contribution in [3.05, 3.63) is 18.3 Å². The molecule has 1 aromatic rings. The summed E-state index contributed by atoms with van der Waals surface area (Å²) in [5, 5.41) is 4.33. The predicted octanol–water partition coefficient (Wildman–Crippen LogP) is 3.80. The first-order valence-electron chi connectivity index (χ1n) is 7.24. The van der Waals surface area contributed by atoms with Crippen molar-refractivity contribution in [2.45, 2.75) is 33.6 Å². The summed E-state index contributed by atoms with van der Waals surface area (Å²) >= 11 is 1.81. The Morgan fingerprint density at radius 2 is 2.10 bits per heavy atom. The Kier molecular flexibility index (Phi) is 5.29. The lowest BCUT2D eigenvalue weighted by Gasteiger charge is -2.33. The van der Waals surface area contributed by atoms with Gasteiger partial charge in [-0.15, -0.1) is 0 Å². The molecular weight excluding hydrogens is 270 g/mol. The van der Waals surface area contributed by atoms with Crippen molar-refractivity contribution in [3.8, 4) is 5.88 Å². The first kappa shape index (κ1) is 15.2. The molecule has 2 heterocycles. The molecule has 1 aromatic heterocycles. The largest absolute Gasteiger partial charge is 0.478 e. The zero-order valence-corrected chi connectivity index (χ0v) is 13.3. The Labute approximate surface area is 125 Å². The number of thioether (sulfide) groups is 1. The van der Waals surface area contributed by atoms with Gasteiger partial charge < -0.3 is 10.1 Å². The first-order valence-corrected chi connectivity index (χ1v) is 8.23. The van der Waals surface area contributed by atoms with Crippen molar-refractivity contribution in [2.24, 2.45) is 10.4 Å². The maximum absolute atomic E-state index is 5.33. The van der Waals surface area contributed by atoms with Crippen LogP contribution in [0.4, 0.5) is 5.69 Å². The molecule has 2 rings (SSSR count). The molecular formula is C15H23N3OS. The molecule has 0 fully saturated rings. The van der Waals surface area contributed by atoms with E-state index in [-0.39, 0.29) is 0 Å². The van der Waals surface area contributed by atoms with E-state index in [2.05, 4.69) is 29.1 Å². The summed E-state index contributed by atoms with van der Waals surface area (Å²) in [6.07, 6.45) is 4.17. The molecule has 1 aliphatic rings. The third kappa shape index (κ3) is 3.66. The molecule has 20 heavy (non-hydrogen) atoms. The molecule has 0 atom stereocenters. The minimum atomic E-state index is 0.382. The second-order valence-electron chi connectivity index (χ2n) is 5.06. The summed E-state index contributed by atoms with van der Waals surface area (Å²) in [6.45, 7) is 8.02. The van der Waals surface area contributed by atoms with Gasteiger partial charge in [0.05, 0.1) is 18.5 Å². The lowest BCUT2D eigenvalue weighted by Crippen LogP contribution is -2.32. The van der Waals surface area contributed by atoms with Gasteiger partial charge >= 0.3 is 0 Å². The van der Waals surface area contributed by atoms with E-state index in [1.807, 2.05) is 30.8 Å². The number of pyridine rings is 1. The Morgan fingerprint density at radius 1 is 1.30 bits per heavy atom. The number of hydrogen-bond donors (Lipinski definition) is 1. The van der Waals surface area contributed by atoms with Gasteiger partial charge in [-0.25, -0.2) is 4.98 Å². The van der Waals surface area contributed by atoms with Crippen LogP contribution in [-0.2, 0) is 0 Å². The zero-order chi connectivity index (χ0) is 14.4. The average molecular weight is 293 g/mol. The molecule has 0 spiro atoms. The highest BCUT2D eigenvalue weighted by Gasteiger charge is 2.30. The van der Waals surface area contributed by atoms with Gasteiger partial charge in [0.15, 0.2) is 5.17 Å². The lowest BCUT2D eigenvalue weighted by atomic mass is 9.84. The predicted molar refractivity (Wildman–Crippen MR) is 86.8 cm³/mol. The van der Waals surface area contributed by atoms with Crippen molar-refractivity contribution in [2.75, 3.05) is 24.2 Å². The van der Waals surface area contributed by atoms with Crippen molar-refractivity contribution in [1.29, 1.82) is 0 Å². The highest BCUT2D eigenvalue weighted by atomic mass is 32.2. The third-order valence-corrected chi connectivity index (χ3v) is 5.11. The maximum Gasteiger partial charge on any atom is 0.213 e. The molecule has 0 bridgehead atoms. The van der Waals surface area contributed by atoms with Crippen LogP contribution in [0.3, 0.4) is 0 Å². The fourth-order valence-corrected chi connectivity index (χ4v) is 3.40. The molecule has 4 nitrogen and oxygen atoms in total. The van der Waals surface area contributed by atoms with Crippen molar-refractivity contribution < 1.29 is 4.74 Å². The van der Waals surface area contributed by atoms with E-state index in [0.29, 0.717) is 17.9 Å². The second-order valence-corrected chi connectivity index (χ2v) is 6.02. The molecule has 110 valence electrons.